The lowest BCUT2D eigenvalue weighted by molar-refractivity contribution is 0.0383. The molecule has 2 aromatic rings. The highest BCUT2D eigenvalue weighted by Gasteiger charge is 2.16. The number of rotatable bonds is 5. The van der Waals surface area contributed by atoms with Crippen molar-refractivity contribution in [2.75, 3.05) is 39.4 Å². The van der Waals surface area contributed by atoms with Gasteiger partial charge in [0.25, 0.3) is 5.91 Å². The summed E-state index contributed by atoms with van der Waals surface area (Å²) in [5.41, 5.74) is 2.38. The van der Waals surface area contributed by atoms with Gasteiger partial charge in [-0.1, -0.05) is 15.9 Å². The average molecular weight is 393 g/mol. The summed E-state index contributed by atoms with van der Waals surface area (Å²) in [6.45, 7) is 6.77. The predicted molar refractivity (Wildman–Crippen MR) is 95.6 cm³/mol. The van der Waals surface area contributed by atoms with Crippen LogP contribution in [0.25, 0.3) is 5.69 Å². The highest BCUT2D eigenvalue weighted by molar-refractivity contribution is 9.10. The van der Waals surface area contributed by atoms with Crippen molar-refractivity contribution in [1.29, 1.82) is 0 Å². The molecule has 0 atom stereocenters. The second-order valence-corrected chi connectivity index (χ2v) is 6.66. The number of aromatic nitrogens is 2. The molecule has 0 saturated carbocycles. The number of nitrogens with zero attached hydrogens (tertiary/aromatic N) is 3. The molecule has 2 heterocycles. The SMILES string of the molecule is Cc1c(C(=O)NCCN2CCOCC2)cnn1-c1ccc(Br)cc1. The van der Waals surface area contributed by atoms with E-state index in [0.29, 0.717) is 12.1 Å². The molecule has 0 bridgehead atoms. The lowest BCUT2D eigenvalue weighted by Gasteiger charge is -2.26. The van der Waals surface area contributed by atoms with Crippen LogP contribution in [0.1, 0.15) is 16.1 Å². The van der Waals surface area contributed by atoms with Crippen molar-refractivity contribution in [3.63, 3.8) is 0 Å². The Morgan fingerprint density at radius 3 is 2.71 bits per heavy atom. The minimum absolute atomic E-state index is 0.0795. The summed E-state index contributed by atoms with van der Waals surface area (Å²) in [6, 6.07) is 7.84. The summed E-state index contributed by atoms with van der Waals surface area (Å²) in [5.74, 6) is -0.0795. The van der Waals surface area contributed by atoms with Crippen molar-refractivity contribution in [1.82, 2.24) is 20.0 Å². The molecule has 6 nitrogen and oxygen atoms in total. The van der Waals surface area contributed by atoms with Crippen LogP contribution in [0.5, 0.6) is 0 Å². The van der Waals surface area contributed by atoms with Crippen LogP contribution in [0.2, 0.25) is 0 Å². The van der Waals surface area contributed by atoms with Crippen LogP contribution in [0.4, 0.5) is 0 Å². The van der Waals surface area contributed by atoms with Crippen LogP contribution in [-0.2, 0) is 4.74 Å². The lowest BCUT2D eigenvalue weighted by atomic mass is 10.2. The van der Waals surface area contributed by atoms with E-state index in [9.17, 15) is 4.79 Å². The van der Waals surface area contributed by atoms with E-state index in [1.807, 2.05) is 31.2 Å². The first-order valence-corrected chi connectivity index (χ1v) is 8.83. The molecule has 128 valence electrons. The molecule has 0 unspecified atom stereocenters. The number of ether oxygens (including phenoxy) is 1. The Labute approximate surface area is 149 Å². The number of nitrogens with one attached hydrogen (secondary N) is 1. The molecule has 0 spiro atoms. The van der Waals surface area contributed by atoms with Gasteiger partial charge < -0.3 is 10.1 Å². The summed E-state index contributed by atoms with van der Waals surface area (Å²) >= 11 is 3.42. The fraction of sp³-hybridized carbons (Fsp3) is 0.412. The van der Waals surface area contributed by atoms with Gasteiger partial charge in [-0.15, -0.1) is 0 Å². The van der Waals surface area contributed by atoms with Gasteiger partial charge in [-0.3, -0.25) is 9.69 Å². The predicted octanol–water partition coefficient (Wildman–Crippen LogP) is 2.01. The van der Waals surface area contributed by atoms with Gasteiger partial charge in [0.15, 0.2) is 0 Å². The summed E-state index contributed by atoms with van der Waals surface area (Å²) in [5, 5.41) is 7.33. The van der Waals surface area contributed by atoms with Crippen molar-refractivity contribution in [3.05, 3.63) is 46.2 Å². The highest BCUT2D eigenvalue weighted by Crippen LogP contribution is 2.17. The lowest BCUT2D eigenvalue weighted by Crippen LogP contribution is -2.41. The third-order valence-electron chi connectivity index (χ3n) is 4.14. The Balaban J connectivity index is 1.60. The summed E-state index contributed by atoms with van der Waals surface area (Å²) < 4.78 is 8.11. The minimum Gasteiger partial charge on any atom is -0.379 e. The van der Waals surface area contributed by atoms with Gasteiger partial charge >= 0.3 is 0 Å². The van der Waals surface area contributed by atoms with Crippen LogP contribution in [-0.4, -0.2) is 60.0 Å². The molecule has 1 fully saturated rings. The van der Waals surface area contributed by atoms with Gasteiger partial charge in [0.2, 0.25) is 0 Å². The molecule has 3 rings (SSSR count). The monoisotopic (exact) mass is 392 g/mol. The summed E-state index contributed by atoms with van der Waals surface area (Å²) in [6.07, 6.45) is 1.63. The van der Waals surface area contributed by atoms with Gasteiger partial charge in [0.1, 0.15) is 0 Å². The second-order valence-electron chi connectivity index (χ2n) is 5.74. The molecule has 1 aliphatic heterocycles. The van der Waals surface area contributed by atoms with E-state index in [0.717, 1.165) is 48.7 Å². The van der Waals surface area contributed by atoms with Crippen LogP contribution in [0, 0.1) is 6.92 Å². The molecule has 1 aliphatic rings. The molecule has 1 saturated heterocycles. The van der Waals surface area contributed by atoms with E-state index in [1.54, 1.807) is 10.9 Å². The molecule has 0 radical (unpaired) electrons. The maximum atomic E-state index is 12.4. The van der Waals surface area contributed by atoms with Crippen molar-refractivity contribution >= 4 is 21.8 Å². The molecule has 1 aromatic carbocycles. The molecule has 1 aromatic heterocycles. The third kappa shape index (κ3) is 4.03. The van der Waals surface area contributed by atoms with E-state index in [1.165, 1.54) is 0 Å². The van der Waals surface area contributed by atoms with Crippen LogP contribution in [0.15, 0.2) is 34.9 Å². The summed E-state index contributed by atoms with van der Waals surface area (Å²) in [4.78, 5) is 14.7. The number of carbonyl (C=O) groups excluding carboxylic acids is 1. The molecule has 1 N–H and O–H groups in total. The number of halogens is 1. The van der Waals surface area contributed by atoms with E-state index < -0.39 is 0 Å². The largest absolute Gasteiger partial charge is 0.379 e. The average Bonchev–Trinajstić information content (AvgIpc) is 2.98. The van der Waals surface area contributed by atoms with Gasteiger partial charge in [-0.05, 0) is 31.2 Å². The number of morpholine rings is 1. The Morgan fingerprint density at radius 2 is 2.00 bits per heavy atom. The standard InChI is InChI=1S/C17H21BrN4O2/c1-13-16(12-20-22(13)15-4-2-14(18)3-5-15)17(23)19-6-7-21-8-10-24-11-9-21/h2-5,12H,6-11H2,1H3,(H,19,23). The fourth-order valence-electron chi connectivity index (χ4n) is 2.72. The first-order chi connectivity index (χ1) is 11.6. The van der Waals surface area contributed by atoms with Gasteiger partial charge in [-0.25, -0.2) is 4.68 Å². The number of carbonyl (C=O) groups is 1. The van der Waals surface area contributed by atoms with Crippen LogP contribution in [0.3, 0.4) is 0 Å². The van der Waals surface area contributed by atoms with E-state index in [4.69, 9.17) is 4.74 Å². The minimum atomic E-state index is -0.0795. The Bertz CT molecular complexity index is 693. The van der Waals surface area contributed by atoms with Gasteiger partial charge in [0.05, 0.1) is 36.4 Å². The van der Waals surface area contributed by atoms with Crippen LogP contribution >= 0.6 is 15.9 Å². The normalized spacial score (nSPS) is 15.4. The van der Waals surface area contributed by atoms with E-state index >= 15 is 0 Å². The van der Waals surface area contributed by atoms with Crippen molar-refractivity contribution in [3.8, 4) is 5.69 Å². The Hall–Kier alpha value is -1.70. The quantitative estimate of drug-likeness (QED) is 0.845. The Morgan fingerprint density at radius 1 is 1.29 bits per heavy atom. The third-order valence-corrected chi connectivity index (χ3v) is 4.67. The highest BCUT2D eigenvalue weighted by atomic mass is 79.9. The molecule has 0 aliphatic carbocycles. The molecular weight excluding hydrogens is 372 g/mol. The molecule has 1 amide bonds. The second kappa shape index (κ2) is 7.92. The zero-order valence-corrected chi connectivity index (χ0v) is 15.3. The first kappa shape index (κ1) is 17.1. The topological polar surface area (TPSA) is 59.4 Å². The zero-order valence-electron chi connectivity index (χ0n) is 13.7. The van der Waals surface area contributed by atoms with Gasteiger partial charge in [0, 0.05) is 30.7 Å². The van der Waals surface area contributed by atoms with Crippen molar-refractivity contribution in [2.45, 2.75) is 6.92 Å². The maximum Gasteiger partial charge on any atom is 0.254 e. The Kier molecular flexibility index (Phi) is 5.65. The van der Waals surface area contributed by atoms with Crippen molar-refractivity contribution in [2.24, 2.45) is 0 Å². The van der Waals surface area contributed by atoms with Crippen LogP contribution < -0.4 is 5.32 Å². The number of benzene rings is 1. The zero-order chi connectivity index (χ0) is 16.9. The first-order valence-electron chi connectivity index (χ1n) is 8.04. The van der Waals surface area contributed by atoms with Crippen molar-refractivity contribution < 1.29 is 9.53 Å². The fourth-order valence-corrected chi connectivity index (χ4v) is 2.99. The number of hydrogen-bond acceptors (Lipinski definition) is 4. The smallest absolute Gasteiger partial charge is 0.254 e. The van der Waals surface area contributed by atoms with E-state index in [-0.39, 0.29) is 5.91 Å². The summed E-state index contributed by atoms with van der Waals surface area (Å²) in [7, 11) is 0. The van der Waals surface area contributed by atoms with E-state index in [2.05, 4.69) is 31.2 Å². The number of hydrogen-bond donors (Lipinski definition) is 1. The number of amides is 1. The molecular formula is C17H21BrN4O2. The maximum absolute atomic E-state index is 12.4. The molecule has 7 heteroatoms. The molecule has 24 heavy (non-hydrogen) atoms. The van der Waals surface area contributed by atoms with Gasteiger partial charge in [-0.2, -0.15) is 5.10 Å².